The lowest BCUT2D eigenvalue weighted by Crippen LogP contribution is -1.93. The molecule has 0 saturated carbocycles. The van der Waals surface area contributed by atoms with E-state index in [-0.39, 0.29) is 0 Å². The van der Waals surface area contributed by atoms with Crippen LogP contribution in [0.3, 0.4) is 0 Å². The number of rotatable bonds is 2. The molecule has 0 bridgehead atoms. The predicted octanol–water partition coefficient (Wildman–Crippen LogP) is 6.55. The van der Waals surface area contributed by atoms with Gasteiger partial charge in [-0.3, -0.25) is 4.79 Å². The SMILES string of the molecule is Cn1c(-c2cccc3ccccc23)nc2ccc(Cl)cc21.O=Cc1ccccc1. The minimum Gasteiger partial charge on any atom is -0.327 e. The Morgan fingerprint density at radius 3 is 2.34 bits per heavy atom. The van der Waals surface area contributed by atoms with Gasteiger partial charge in [0.2, 0.25) is 0 Å². The highest BCUT2D eigenvalue weighted by Crippen LogP contribution is 2.30. The normalized spacial score (nSPS) is 10.6. The summed E-state index contributed by atoms with van der Waals surface area (Å²) in [6.07, 6.45) is 0.833. The van der Waals surface area contributed by atoms with Crippen LogP contribution in [0.4, 0.5) is 0 Å². The molecule has 0 atom stereocenters. The van der Waals surface area contributed by atoms with E-state index in [0.29, 0.717) is 0 Å². The number of nitrogens with zero attached hydrogens (tertiary/aromatic N) is 2. The van der Waals surface area contributed by atoms with Crippen molar-refractivity contribution < 1.29 is 4.79 Å². The van der Waals surface area contributed by atoms with Gasteiger partial charge in [-0.2, -0.15) is 0 Å². The van der Waals surface area contributed by atoms with E-state index in [1.807, 2.05) is 43.4 Å². The summed E-state index contributed by atoms with van der Waals surface area (Å²) in [6.45, 7) is 0. The van der Waals surface area contributed by atoms with Crippen molar-refractivity contribution in [2.75, 3.05) is 0 Å². The van der Waals surface area contributed by atoms with E-state index in [2.05, 4.69) is 47.0 Å². The molecule has 5 rings (SSSR count). The van der Waals surface area contributed by atoms with Crippen LogP contribution in [0, 0.1) is 0 Å². The lowest BCUT2D eigenvalue weighted by Gasteiger charge is -2.06. The van der Waals surface area contributed by atoms with Gasteiger partial charge in [-0.1, -0.05) is 84.4 Å². The van der Waals surface area contributed by atoms with Crippen molar-refractivity contribution in [3.8, 4) is 11.4 Å². The third-order valence-corrected chi connectivity index (χ3v) is 5.04. The molecule has 5 aromatic rings. The smallest absolute Gasteiger partial charge is 0.150 e. The molecule has 142 valence electrons. The topological polar surface area (TPSA) is 34.9 Å². The Hall–Kier alpha value is -3.43. The van der Waals surface area contributed by atoms with Crippen LogP contribution in [0.2, 0.25) is 5.02 Å². The Bertz CT molecular complexity index is 1290. The Balaban J connectivity index is 0.000000216. The van der Waals surface area contributed by atoms with Crippen LogP contribution in [0.5, 0.6) is 0 Å². The van der Waals surface area contributed by atoms with Gasteiger partial charge in [-0.15, -0.1) is 0 Å². The van der Waals surface area contributed by atoms with Gasteiger partial charge in [0, 0.05) is 23.2 Å². The maximum atomic E-state index is 10.0. The van der Waals surface area contributed by atoms with Crippen molar-refractivity contribution in [3.63, 3.8) is 0 Å². The molecule has 4 aromatic carbocycles. The summed E-state index contributed by atoms with van der Waals surface area (Å²) in [5.41, 5.74) is 3.88. The lowest BCUT2D eigenvalue weighted by atomic mass is 10.0. The second-order valence-electron chi connectivity index (χ2n) is 6.68. The average molecular weight is 399 g/mol. The van der Waals surface area contributed by atoms with Crippen molar-refractivity contribution in [2.45, 2.75) is 0 Å². The Morgan fingerprint density at radius 1 is 0.862 bits per heavy atom. The number of hydrogen-bond donors (Lipinski definition) is 0. The average Bonchev–Trinajstić information content (AvgIpc) is 3.10. The number of hydrogen-bond acceptors (Lipinski definition) is 2. The lowest BCUT2D eigenvalue weighted by molar-refractivity contribution is 0.112. The molecule has 0 saturated heterocycles. The fraction of sp³-hybridized carbons (Fsp3) is 0.0400. The van der Waals surface area contributed by atoms with Crippen molar-refractivity contribution >= 4 is 39.7 Å². The van der Waals surface area contributed by atoms with Gasteiger partial charge in [0.1, 0.15) is 12.1 Å². The number of fused-ring (bicyclic) bond motifs is 2. The summed E-state index contributed by atoms with van der Waals surface area (Å²) in [7, 11) is 2.03. The molecule has 0 fully saturated rings. The van der Waals surface area contributed by atoms with E-state index in [4.69, 9.17) is 16.6 Å². The van der Waals surface area contributed by atoms with Gasteiger partial charge >= 0.3 is 0 Å². The number of imidazole rings is 1. The van der Waals surface area contributed by atoms with Gasteiger partial charge in [-0.25, -0.2) is 4.98 Å². The third-order valence-electron chi connectivity index (χ3n) is 4.81. The molecule has 0 aliphatic carbocycles. The quantitative estimate of drug-likeness (QED) is 0.316. The number of carbonyl (C=O) groups is 1. The summed E-state index contributed by atoms with van der Waals surface area (Å²) in [6, 6.07) is 29.6. The number of benzene rings is 4. The highest BCUT2D eigenvalue weighted by molar-refractivity contribution is 6.31. The molecule has 1 heterocycles. The fourth-order valence-corrected chi connectivity index (χ4v) is 3.52. The molecular weight excluding hydrogens is 380 g/mol. The van der Waals surface area contributed by atoms with Crippen molar-refractivity contribution in [1.29, 1.82) is 0 Å². The summed E-state index contributed by atoms with van der Waals surface area (Å²) in [4.78, 5) is 14.8. The van der Waals surface area contributed by atoms with Gasteiger partial charge in [-0.05, 0) is 29.0 Å². The summed E-state index contributed by atoms with van der Waals surface area (Å²) in [5, 5.41) is 3.17. The van der Waals surface area contributed by atoms with Gasteiger partial charge < -0.3 is 4.57 Å². The molecule has 3 nitrogen and oxygen atoms in total. The zero-order chi connectivity index (χ0) is 20.2. The van der Waals surface area contributed by atoms with Crippen molar-refractivity contribution in [3.05, 3.63) is 102 Å². The monoisotopic (exact) mass is 398 g/mol. The zero-order valence-electron chi connectivity index (χ0n) is 15.9. The van der Waals surface area contributed by atoms with Crippen LogP contribution in [-0.2, 0) is 7.05 Å². The van der Waals surface area contributed by atoms with E-state index in [0.717, 1.165) is 39.3 Å². The van der Waals surface area contributed by atoms with Gasteiger partial charge in [0.05, 0.1) is 11.0 Å². The first-order valence-corrected chi connectivity index (χ1v) is 9.65. The first-order valence-electron chi connectivity index (χ1n) is 9.28. The molecule has 0 radical (unpaired) electrons. The van der Waals surface area contributed by atoms with Crippen LogP contribution < -0.4 is 0 Å². The van der Waals surface area contributed by atoms with Crippen LogP contribution in [0.15, 0.2) is 91.0 Å². The maximum Gasteiger partial charge on any atom is 0.150 e. The van der Waals surface area contributed by atoms with Crippen LogP contribution in [0.1, 0.15) is 10.4 Å². The molecule has 0 spiro atoms. The van der Waals surface area contributed by atoms with Crippen LogP contribution in [0.25, 0.3) is 33.2 Å². The van der Waals surface area contributed by atoms with Gasteiger partial charge in [0.25, 0.3) is 0 Å². The second-order valence-corrected chi connectivity index (χ2v) is 7.12. The molecule has 4 heteroatoms. The third kappa shape index (κ3) is 3.91. The van der Waals surface area contributed by atoms with Crippen molar-refractivity contribution in [1.82, 2.24) is 9.55 Å². The van der Waals surface area contributed by atoms with Crippen LogP contribution >= 0.6 is 11.6 Å². The summed E-state index contributed by atoms with van der Waals surface area (Å²) < 4.78 is 2.10. The predicted molar refractivity (Wildman–Crippen MR) is 120 cm³/mol. The first kappa shape index (κ1) is 18.9. The zero-order valence-corrected chi connectivity index (χ0v) is 16.7. The van der Waals surface area contributed by atoms with Gasteiger partial charge in [0.15, 0.2) is 0 Å². The Morgan fingerprint density at radius 2 is 1.59 bits per heavy atom. The number of aldehydes is 1. The molecule has 0 aliphatic heterocycles. The Labute approximate surface area is 174 Å². The molecular formula is C25H19ClN2O. The molecule has 0 aliphatic rings. The fourth-order valence-electron chi connectivity index (χ4n) is 3.36. The first-order chi connectivity index (χ1) is 14.2. The summed E-state index contributed by atoms with van der Waals surface area (Å²) >= 11 is 6.10. The van der Waals surface area contributed by atoms with E-state index >= 15 is 0 Å². The van der Waals surface area contributed by atoms with E-state index in [1.54, 1.807) is 12.1 Å². The van der Waals surface area contributed by atoms with E-state index in [9.17, 15) is 4.79 Å². The maximum absolute atomic E-state index is 10.0. The number of aryl methyl sites for hydroxylation is 1. The van der Waals surface area contributed by atoms with E-state index in [1.165, 1.54) is 10.8 Å². The second kappa shape index (κ2) is 8.29. The molecule has 0 unspecified atom stereocenters. The summed E-state index contributed by atoms with van der Waals surface area (Å²) in [5.74, 6) is 0.962. The molecule has 0 amide bonds. The molecule has 0 N–H and O–H groups in total. The minimum absolute atomic E-state index is 0.729. The number of carbonyl (C=O) groups excluding carboxylic acids is 1. The van der Waals surface area contributed by atoms with Crippen LogP contribution in [-0.4, -0.2) is 15.8 Å². The highest BCUT2D eigenvalue weighted by atomic mass is 35.5. The van der Waals surface area contributed by atoms with E-state index < -0.39 is 0 Å². The number of aromatic nitrogens is 2. The standard InChI is InChI=1S/C18H13ClN2.C7H6O/c1-21-17-11-13(19)9-10-16(17)20-18(21)15-8-4-6-12-5-2-3-7-14(12)15;8-6-7-4-2-1-3-5-7/h2-11H,1H3;1-6H. The minimum atomic E-state index is 0.729. The molecule has 1 aromatic heterocycles. The largest absolute Gasteiger partial charge is 0.327 e. The van der Waals surface area contributed by atoms with Crippen molar-refractivity contribution in [2.24, 2.45) is 7.05 Å². The highest BCUT2D eigenvalue weighted by Gasteiger charge is 2.12. The Kier molecular flexibility index (Phi) is 5.41. The molecule has 29 heavy (non-hydrogen) atoms. The number of halogens is 1.